The fourth-order valence-electron chi connectivity index (χ4n) is 0.536. The van der Waals surface area contributed by atoms with E-state index in [2.05, 4.69) is 9.98 Å². The number of guanidine groups is 1. The van der Waals surface area contributed by atoms with Gasteiger partial charge in [-0.3, -0.25) is 0 Å². The average Bonchev–Trinajstić information content (AvgIpc) is 1.80. The number of aliphatic imine (C=N–C) groups is 2. The average molecular weight is 127 g/mol. The molecule has 0 aromatic heterocycles. The molecule has 1 aliphatic rings. The van der Waals surface area contributed by atoms with Crippen LogP contribution in [0, 0.1) is 0 Å². The summed E-state index contributed by atoms with van der Waals surface area (Å²) < 4.78 is 0. The highest BCUT2D eigenvalue weighted by molar-refractivity contribution is 5.99. The number of rotatable bonds is 0. The van der Waals surface area contributed by atoms with Crippen molar-refractivity contribution in [3.05, 3.63) is 0 Å². The van der Waals surface area contributed by atoms with Crippen LogP contribution in [0.1, 0.15) is 0 Å². The molecule has 0 aromatic rings. The third kappa shape index (κ3) is 1.17. The van der Waals surface area contributed by atoms with Gasteiger partial charge in [-0.2, -0.15) is 4.99 Å². The first-order chi connectivity index (χ1) is 4.20. The van der Waals surface area contributed by atoms with E-state index < -0.39 is 0 Å². The largest absolute Gasteiger partial charge is 0.386 e. The first kappa shape index (κ1) is 6.03. The monoisotopic (exact) mass is 127 g/mol. The zero-order valence-corrected chi connectivity index (χ0v) is 4.91. The lowest BCUT2D eigenvalue weighted by Gasteiger charge is -2.11. The number of nitrogens with two attached hydrogens (primary N) is 3. The fourth-order valence-corrected chi connectivity index (χ4v) is 0.536. The van der Waals surface area contributed by atoms with Crippen molar-refractivity contribution in [3.63, 3.8) is 0 Å². The Balaban J connectivity index is 2.74. The Kier molecular flexibility index (Phi) is 1.35. The van der Waals surface area contributed by atoms with Crippen LogP contribution >= 0.6 is 0 Å². The molecule has 0 spiro atoms. The Labute approximate surface area is 52.6 Å². The van der Waals surface area contributed by atoms with Crippen molar-refractivity contribution < 1.29 is 0 Å². The lowest BCUT2D eigenvalue weighted by Crippen LogP contribution is -2.43. The maximum atomic E-state index is 5.42. The van der Waals surface area contributed by atoms with Crippen LogP contribution in [0.5, 0.6) is 0 Å². The second-order valence-electron chi connectivity index (χ2n) is 1.84. The van der Waals surface area contributed by atoms with Crippen molar-refractivity contribution in [2.75, 3.05) is 6.54 Å². The molecule has 50 valence electrons. The molecule has 0 aliphatic carbocycles. The Bertz CT molecular complexity index is 170. The molecule has 1 aliphatic heterocycles. The summed E-state index contributed by atoms with van der Waals surface area (Å²) in [6.07, 6.45) is 0. The van der Waals surface area contributed by atoms with Crippen LogP contribution in [-0.2, 0) is 0 Å². The van der Waals surface area contributed by atoms with Gasteiger partial charge in [0.2, 0.25) is 5.96 Å². The molecule has 5 heteroatoms. The predicted molar refractivity (Wildman–Crippen MR) is 36.1 cm³/mol. The molecule has 0 bridgehead atoms. The van der Waals surface area contributed by atoms with E-state index in [4.69, 9.17) is 17.2 Å². The summed E-state index contributed by atoms with van der Waals surface area (Å²) in [7, 11) is 0. The number of hydrogen-bond acceptors (Lipinski definition) is 5. The molecule has 0 fully saturated rings. The van der Waals surface area contributed by atoms with Gasteiger partial charge < -0.3 is 17.2 Å². The molecule has 0 amide bonds. The van der Waals surface area contributed by atoms with Gasteiger partial charge in [-0.1, -0.05) is 0 Å². The molecule has 6 N–H and O–H groups in total. The highest BCUT2D eigenvalue weighted by Crippen LogP contribution is 1.89. The lowest BCUT2D eigenvalue weighted by molar-refractivity contribution is 0.837. The molecule has 0 aromatic carbocycles. The maximum absolute atomic E-state index is 5.42. The van der Waals surface area contributed by atoms with Gasteiger partial charge >= 0.3 is 0 Å². The minimum Gasteiger partial charge on any atom is -0.386 e. The minimum atomic E-state index is -0.253. The molecule has 0 saturated carbocycles. The van der Waals surface area contributed by atoms with E-state index >= 15 is 0 Å². The third-order valence-corrected chi connectivity index (χ3v) is 1.07. The Morgan fingerprint density at radius 3 is 2.56 bits per heavy atom. The van der Waals surface area contributed by atoms with E-state index in [-0.39, 0.29) is 12.0 Å². The smallest absolute Gasteiger partial charge is 0.217 e. The first-order valence-corrected chi connectivity index (χ1v) is 2.59. The van der Waals surface area contributed by atoms with Crippen LogP contribution in [0.15, 0.2) is 9.98 Å². The normalized spacial score (nSPS) is 27.0. The van der Waals surface area contributed by atoms with E-state index in [0.29, 0.717) is 12.4 Å². The van der Waals surface area contributed by atoms with Crippen LogP contribution in [0.25, 0.3) is 0 Å². The standard InChI is InChI=1S/C4H9N5/c5-2-1-8-4(7)9-3(2)6/h2H,1,5H2,(H4,6,7,8,9). The van der Waals surface area contributed by atoms with Crippen LogP contribution in [0.3, 0.4) is 0 Å². The lowest BCUT2D eigenvalue weighted by atomic mass is 10.3. The Morgan fingerprint density at radius 1 is 1.44 bits per heavy atom. The highest BCUT2D eigenvalue weighted by Gasteiger charge is 2.10. The van der Waals surface area contributed by atoms with Crippen molar-refractivity contribution in [3.8, 4) is 0 Å². The Morgan fingerprint density at radius 2 is 2.11 bits per heavy atom. The van der Waals surface area contributed by atoms with Crippen LogP contribution < -0.4 is 17.2 Å². The van der Waals surface area contributed by atoms with Crippen molar-refractivity contribution in [1.29, 1.82) is 0 Å². The van der Waals surface area contributed by atoms with Gasteiger partial charge in [-0.05, 0) is 0 Å². The molecule has 0 radical (unpaired) electrons. The number of amidine groups is 1. The van der Waals surface area contributed by atoms with Crippen molar-refractivity contribution in [1.82, 2.24) is 0 Å². The summed E-state index contributed by atoms with van der Waals surface area (Å²) in [5.74, 6) is 0.580. The molecule has 5 nitrogen and oxygen atoms in total. The molecule has 1 rings (SSSR count). The van der Waals surface area contributed by atoms with E-state index in [9.17, 15) is 0 Å². The summed E-state index contributed by atoms with van der Waals surface area (Å²) >= 11 is 0. The van der Waals surface area contributed by atoms with E-state index in [1.54, 1.807) is 0 Å². The summed E-state index contributed by atoms with van der Waals surface area (Å²) in [5, 5.41) is 0. The van der Waals surface area contributed by atoms with E-state index in [1.165, 1.54) is 0 Å². The summed E-state index contributed by atoms with van der Waals surface area (Å²) in [4.78, 5) is 7.42. The molecule has 1 atom stereocenters. The van der Waals surface area contributed by atoms with Gasteiger partial charge in [-0.25, -0.2) is 4.99 Å². The van der Waals surface area contributed by atoms with Gasteiger partial charge in [0, 0.05) is 0 Å². The minimum absolute atomic E-state index is 0.217. The summed E-state index contributed by atoms with van der Waals surface area (Å²) in [6, 6.07) is -0.253. The van der Waals surface area contributed by atoms with Crippen LogP contribution in [0.4, 0.5) is 0 Å². The number of nitrogens with zero attached hydrogens (tertiary/aromatic N) is 2. The van der Waals surface area contributed by atoms with Crippen LogP contribution in [-0.4, -0.2) is 24.4 Å². The highest BCUT2D eigenvalue weighted by atomic mass is 15.1. The second kappa shape index (κ2) is 2.02. The topological polar surface area (TPSA) is 103 Å². The zero-order chi connectivity index (χ0) is 6.85. The van der Waals surface area contributed by atoms with Crippen molar-refractivity contribution >= 4 is 11.8 Å². The quantitative estimate of drug-likeness (QED) is 0.350. The second-order valence-corrected chi connectivity index (χ2v) is 1.84. The van der Waals surface area contributed by atoms with E-state index in [1.807, 2.05) is 0 Å². The van der Waals surface area contributed by atoms with Gasteiger partial charge in [0.15, 0.2) is 0 Å². The van der Waals surface area contributed by atoms with Crippen molar-refractivity contribution in [2.45, 2.75) is 6.04 Å². The molecule has 9 heavy (non-hydrogen) atoms. The van der Waals surface area contributed by atoms with Gasteiger partial charge in [-0.15, -0.1) is 0 Å². The predicted octanol–water partition coefficient (Wildman–Crippen LogP) is -2.00. The Hall–Kier alpha value is -1.10. The SMILES string of the molecule is NC1=NCC(N)C(N)=N1. The van der Waals surface area contributed by atoms with Gasteiger partial charge in [0.05, 0.1) is 12.6 Å². The van der Waals surface area contributed by atoms with Crippen molar-refractivity contribution in [2.24, 2.45) is 27.2 Å². The first-order valence-electron chi connectivity index (χ1n) is 2.59. The molecule has 0 saturated heterocycles. The third-order valence-electron chi connectivity index (χ3n) is 1.07. The summed E-state index contributed by atoms with van der Waals surface area (Å²) in [5.41, 5.74) is 16.0. The van der Waals surface area contributed by atoms with E-state index in [0.717, 1.165) is 0 Å². The fraction of sp³-hybridized carbons (Fsp3) is 0.500. The summed E-state index contributed by atoms with van der Waals surface area (Å²) in [6.45, 7) is 0.446. The van der Waals surface area contributed by atoms with Crippen LogP contribution in [0.2, 0.25) is 0 Å². The maximum Gasteiger partial charge on any atom is 0.217 e. The molecular weight excluding hydrogens is 118 g/mol. The van der Waals surface area contributed by atoms with Gasteiger partial charge in [0.1, 0.15) is 5.84 Å². The molecular formula is C4H9N5. The van der Waals surface area contributed by atoms with Gasteiger partial charge in [0.25, 0.3) is 0 Å². The molecule has 1 unspecified atom stereocenters. The number of hydrogen-bond donors (Lipinski definition) is 3. The molecule has 1 heterocycles. The zero-order valence-electron chi connectivity index (χ0n) is 4.91.